The molecule has 0 spiro atoms. The van der Waals surface area contributed by atoms with Gasteiger partial charge in [0.15, 0.2) is 0 Å². The molecule has 1 aromatic heterocycles. The van der Waals surface area contributed by atoms with Crippen molar-refractivity contribution in [1.29, 1.82) is 0 Å². The molecule has 0 aliphatic carbocycles. The summed E-state index contributed by atoms with van der Waals surface area (Å²) in [6, 6.07) is 0. The Kier molecular flexibility index (Phi) is 5.36. The van der Waals surface area contributed by atoms with E-state index in [1.807, 2.05) is 0 Å². The van der Waals surface area contributed by atoms with E-state index in [2.05, 4.69) is 22.2 Å². The molecular formula is C10H14N4O4. The SMILES string of the molecule is C=CCOC(=O)NCCc1cn(CC(=O)O)nn1. The zero-order valence-electron chi connectivity index (χ0n) is 9.70. The second-order valence-corrected chi connectivity index (χ2v) is 3.37. The Morgan fingerprint density at radius 2 is 2.39 bits per heavy atom. The smallest absolute Gasteiger partial charge is 0.407 e. The Morgan fingerprint density at radius 3 is 3.06 bits per heavy atom. The van der Waals surface area contributed by atoms with Gasteiger partial charge in [0.2, 0.25) is 0 Å². The van der Waals surface area contributed by atoms with E-state index in [1.54, 1.807) is 0 Å². The van der Waals surface area contributed by atoms with Crippen LogP contribution in [-0.2, 0) is 22.5 Å². The van der Waals surface area contributed by atoms with Gasteiger partial charge in [-0.15, -0.1) is 5.10 Å². The molecule has 0 aromatic carbocycles. The van der Waals surface area contributed by atoms with E-state index >= 15 is 0 Å². The second kappa shape index (κ2) is 7.05. The number of nitrogens with one attached hydrogen (secondary N) is 1. The van der Waals surface area contributed by atoms with Crippen molar-refractivity contribution in [3.05, 3.63) is 24.5 Å². The number of nitrogens with zero attached hydrogens (tertiary/aromatic N) is 3. The summed E-state index contributed by atoms with van der Waals surface area (Å²) in [5.41, 5.74) is 0.597. The number of carbonyl (C=O) groups excluding carboxylic acids is 1. The summed E-state index contributed by atoms with van der Waals surface area (Å²) < 4.78 is 5.92. The van der Waals surface area contributed by atoms with Crippen molar-refractivity contribution < 1.29 is 19.4 Å². The van der Waals surface area contributed by atoms with Crippen molar-refractivity contribution >= 4 is 12.1 Å². The minimum absolute atomic E-state index is 0.153. The van der Waals surface area contributed by atoms with Crippen LogP contribution in [0.1, 0.15) is 5.69 Å². The van der Waals surface area contributed by atoms with Gasteiger partial charge >= 0.3 is 12.1 Å². The van der Waals surface area contributed by atoms with Crippen molar-refractivity contribution in [2.24, 2.45) is 0 Å². The average molecular weight is 254 g/mol. The Morgan fingerprint density at radius 1 is 1.61 bits per heavy atom. The van der Waals surface area contributed by atoms with Crippen LogP contribution in [-0.4, -0.2) is 45.3 Å². The van der Waals surface area contributed by atoms with E-state index in [0.717, 1.165) is 0 Å². The molecular weight excluding hydrogens is 240 g/mol. The third-order valence-corrected chi connectivity index (χ3v) is 1.87. The summed E-state index contributed by atoms with van der Waals surface area (Å²) in [5.74, 6) is -0.988. The molecule has 8 nitrogen and oxygen atoms in total. The molecule has 0 aliphatic rings. The van der Waals surface area contributed by atoms with Crippen LogP contribution in [0.3, 0.4) is 0 Å². The van der Waals surface area contributed by atoms with Gasteiger partial charge in [-0.25, -0.2) is 9.48 Å². The van der Waals surface area contributed by atoms with E-state index in [0.29, 0.717) is 18.7 Å². The first-order valence-electron chi connectivity index (χ1n) is 5.24. The number of carboxylic acids is 1. The van der Waals surface area contributed by atoms with E-state index < -0.39 is 12.1 Å². The van der Waals surface area contributed by atoms with Gasteiger partial charge in [-0.2, -0.15) is 0 Å². The highest BCUT2D eigenvalue weighted by Gasteiger charge is 2.05. The number of aromatic nitrogens is 3. The minimum Gasteiger partial charge on any atom is -0.480 e. The first kappa shape index (κ1) is 13.7. The molecule has 1 aromatic rings. The van der Waals surface area contributed by atoms with Gasteiger partial charge in [0.25, 0.3) is 0 Å². The number of hydrogen-bond acceptors (Lipinski definition) is 5. The standard InChI is InChI=1S/C10H14N4O4/c1-2-5-18-10(17)11-4-3-8-6-14(13-12-8)7-9(15)16/h2,6H,1,3-5,7H2,(H,11,17)(H,15,16). The van der Waals surface area contributed by atoms with E-state index in [9.17, 15) is 9.59 Å². The number of hydrogen-bond donors (Lipinski definition) is 2. The summed E-state index contributed by atoms with van der Waals surface area (Å²) in [4.78, 5) is 21.5. The number of amides is 1. The molecule has 0 unspecified atom stereocenters. The molecule has 8 heteroatoms. The third-order valence-electron chi connectivity index (χ3n) is 1.87. The maximum absolute atomic E-state index is 11.0. The van der Waals surface area contributed by atoms with Crippen LogP contribution in [0.15, 0.2) is 18.9 Å². The Bertz CT molecular complexity index is 429. The maximum atomic E-state index is 11.0. The minimum atomic E-state index is -0.988. The lowest BCUT2D eigenvalue weighted by atomic mass is 10.3. The average Bonchev–Trinajstić information content (AvgIpc) is 2.73. The number of rotatable bonds is 7. The van der Waals surface area contributed by atoms with Gasteiger partial charge < -0.3 is 15.2 Å². The van der Waals surface area contributed by atoms with Crippen LogP contribution in [0.25, 0.3) is 0 Å². The van der Waals surface area contributed by atoms with Crippen molar-refractivity contribution in [3.8, 4) is 0 Å². The van der Waals surface area contributed by atoms with E-state index in [-0.39, 0.29) is 13.2 Å². The van der Waals surface area contributed by atoms with Crippen LogP contribution in [0.4, 0.5) is 4.79 Å². The summed E-state index contributed by atoms with van der Waals surface area (Å²) in [6.45, 7) is 3.67. The van der Waals surface area contributed by atoms with Gasteiger partial charge in [-0.1, -0.05) is 17.9 Å². The number of ether oxygens (including phenoxy) is 1. The first-order chi connectivity index (χ1) is 8.61. The molecule has 0 atom stereocenters. The number of aliphatic carboxylic acids is 1. The monoisotopic (exact) mass is 254 g/mol. The molecule has 0 fully saturated rings. The molecule has 0 radical (unpaired) electrons. The fraction of sp³-hybridized carbons (Fsp3) is 0.400. The molecule has 98 valence electrons. The first-order valence-corrected chi connectivity index (χ1v) is 5.24. The van der Waals surface area contributed by atoms with Crippen LogP contribution in [0, 0.1) is 0 Å². The zero-order valence-corrected chi connectivity index (χ0v) is 9.70. The molecule has 0 aliphatic heterocycles. The summed E-state index contributed by atoms with van der Waals surface area (Å²) in [5, 5.41) is 18.5. The maximum Gasteiger partial charge on any atom is 0.407 e. The molecule has 1 amide bonds. The van der Waals surface area contributed by atoms with E-state index in [1.165, 1.54) is 17.0 Å². The van der Waals surface area contributed by atoms with E-state index in [4.69, 9.17) is 9.84 Å². The summed E-state index contributed by atoms with van der Waals surface area (Å²) in [7, 11) is 0. The van der Waals surface area contributed by atoms with Gasteiger partial charge in [0.05, 0.1) is 5.69 Å². The number of carboxylic acid groups (broad SMARTS) is 1. The Balaban J connectivity index is 2.26. The molecule has 0 saturated carbocycles. The van der Waals surface area contributed by atoms with Crippen molar-refractivity contribution in [2.75, 3.05) is 13.2 Å². The molecule has 18 heavy (non-hydrogen) atoms. The van der Waals surface area contributed by atoms with Crippen LogP contribution in [0.2, 0.25) is 0 Å². The van der Waals surface area contributed by atoms with Gasteiger partial charge in [-0.05, 0) is 0 Å². The Hall–Kier alpha value is -2.38. The quantitative estimate of drug-likeness (QED) is 0.653. The summed E-state index contributed by atoms with van der Waals surface area (Å²) >= 11 is 0. The number of carbonyl (C=O) groups is 2. The van der Waals surface area contributed by atoms with Crippen LogP contribution in [0.5, 0.6) is 0 Å². The lowest BCUT2D eigenvalue weighted by molar-refractivity contribution is -0.137. The third kappa shape index (κ3) is 5.10. The lowest BCUT2D eigenvalue weighted by Gasteiger charge is -2.03. The van der Waals surface area contributed by atoms with Crippen LogP contribution >= 0.6 is 0 Å². The highest BCUT2D eigenvalue weighted by molar-refractivity contribution is 5.67. The highest BCUT2D eigenvalue weighted by atomic mass is 16.5. The Labute approximate surface area is 103 Å². The van der Waals surface area contributed by atoms with Gasteiger partial charge in [0.1, 0.15) is 13.2 Å². The molecule has 1 rings (SSSR count). The second-order valence-electron chi connectivity index (χ2n) is 3.37. The normalized spacial score (nSPS) is 9.78. The lowest BCUT2D eigenvalue weighted by Crippen LogP contribution is -2.26. The highest BCUT2D eigenvalue weighted by Crippen LogP contribution is 1.94. The zero-order chi connectivity index (χ0) is 13.4. The van der Waals surface area contributed by atoms with Gasteiger partial charge in [-0.3, -0.25) is 4.79 Å². The largest absolute Gasteiger partial charge is 0.480 e. The number of alkyl carbamates (subject to hydrolysis) is 1. The molecule has 0 bridgehead atoms. The van der Waals surface area contributed by atoms with Crippen LogP contribution < -0.4 is 5.32 Å². The van der Waals surface area contributed by atoms with Crippen molar-refractivity contribution in [2.45, 2.75) is 13.0 Å². The topological polar surface area (TPSA) is 106 Å². The summed E-state index contributed by atoms with van der Waals surface area (Å²) in [6.07, 6.45) is 2.90. The molecule has 2 N–H and O–H groups in total. The van der Waals surface area contributed by atoms with Crippen molar-refractivity contribution in [3.63, 3.8) is 0 Å². The van der Waals surface area contributed by atoms with Crippen molar-refractivity contribution in [1.82, 2.24) is 20.3 Å². The van der Waals surface area contributed by atoms with Gasteiger partial charge in [0, 0.05) is 19.2 Å². The predicted octanol–water partition coefficient (Wildman–Crippen LogP) is -0.183. The molecule has 1 heterocycles. The fourth-order valence-corrected chi connectivity index (χ4v) is 1.15. The fourth-order valence-electron chi connectivity index (χ4n) is 1.15. The predicted molar refractivity (Wildman–Crippen MR) is 60.9 cm³/mol. The molecule has 0 saturated heterocycles.